The third-order valence-corrected chi connectivity index (χ3v) is 10.1. The molecule has 3 aliphatic rings. The molecular formula is C29H57N3O. The molecule has 0 aromatic rings. The van der Waals surface area contributed by atoms with Crippen LogP contribution in [0.3, 0.4) is 0 Å². The Morgan fingerprint density at radius 2 is 1.27 bits per heavy atom. The first-order valence-corrected chi connectivity index (χ1v) is 13.8. The monoisotopic (exact) mass is 463 g/mol. The lowest BCUT2D eigenvalue weighted by Gasteiger charge is -2.54. The Balaban J connectivity index is 1.59. The van der Waals surface area contributed by atoms with Crippen LogP contribution in [0, 0.1) is 11.3 Å². The van der Waals surface area contributed by atoms with Crippen molar-refractivity contribution in [3.05, 3.63) is 0 Å². The summed E-state index contributed by atoms with van der Waals surface area (Å²) in [4.78, 5) is 8.34. The van der Waals surface area contributed by atoms with E-state index in [0.717, 1.165) is 24.6 Å². The van der Waals surface area contributed by atoms with Crippen LogP contribution in [0.15, 0.2) is 0 Å². The molecule has 2 atom stereocenters. The first kappa shape index (κ1) is 27.4. The van der Waals surface area contributed by atoms with Crippen LogP contribution in [-0.4, -0.2) is 81.8 Å². The lowest BCUT2D eigenvalue weighted by Crippen LogP contribution is -2.61. The van der Waals surface area contributed by atoms with Crippen LogP contribution in [0.2, 0.25) is 0 Å². The maximum atomic E-state index is 6.17. The minimum Gasteiger partial charge on any atom is -0.374 e. The molecule has 4 nitrogen and oxygen atoms in total. The Kier molecular flexibility index (Phi) is 7.52. The van der Waals surface area contributed by atoms with Crippen LogP contribution < -0.4 is 0 Å². The zero-order valence-electron chi connectivity index (χ0n) is 24.3. The van der Waals surface area contributed by atoms with Gasteiger partial charge in [-0.15, -0.1) is 0 Å². The Morgan fingerprint density at radius 3 is 1.73 bits per heavy atom. The Labute approximate surface area is 206 Å². The number of nitrogens with zero attached hydrogens (tertiary/aromatic N) is 3. The summed E-state index contributed by atoms with van der Waals surface area (Å²) in [5.74, 6) is 0.796. The molecule has 0 amide bonds. The number of fused-ring (bicyclic) bond motifs is 2. The molecule has 0 aromatic carbocycles. The topological polar surface area (TPSA) is 19.0 Å². The van der Waals surface area contributed by atoms with Gasteiger partial charge in [0.2, 0.25) is 0 Å². The predicted molar refractivity (Wildman–Crippen MR) is 142 cm³/mol. The van der Waals surface area contributed by atoms with E-state index in [9.17, 15) is 0 Å². The molecule has 0 spiro atoms. The highest BCUT2D eigenvalue weighted by molar-refractivity contribution is 5.08. The first-order valence-electron chi connectivity index (χ1n) is 13.8. The molecule has 0 radical (unpaired) electrons. The van der Waals surface area contributed by atoms with Gasteiger partial charge in [0.1, 0.15) is 0 Å². The van der Waals surface area contributed by atoms with Crippen LogP contribution in [0.5, 0.6) is 0 Å². The predicted octanol–water partition coefficient (Wildman–Crippen LogP) is 6.04. The van der Waals surface area contributed by atoms with E-state index < -0.39 is 0 Å². The number of likely N-dealkylation sites (tertiary alicyclic amines) is 3. The summed E-state index contributed by atoms with van der Waals surface area (Å²) < 4.78 is 6.17. The molecule has 33 heavy (non-hydrogen) atoms. The second kappa shape index (κ2) is 9.05. The minimum absolute atomic E-state index is 0.0467. The molecule has 0 aliphatic carbocycles. The lowest BCUT2D eigenvalue weighted by atomic mass is 9.66. The quantitative estimate of drug-likeness (QED) is 0.436. The van der Waals surface area contributed by atoms with E-state index in [4.69, 9.17) is 4.74 Å². The van der Waals surface area contributed by atoms with Crippen molar-refractivity contribution in [3.8, 4) is 0 Å². The fourth-order valence-corrected chi connectivity index (χ4v) is 7.73. The molecule has 3 heterocycles. The maximum absolute atomic E-state index is 6.17. The number of hydrogen-bond donors (Lipinski definition) is 0. The van der Waals surface area contributed by atoms with Crippen LogP contribution in [0.25, 0.3) is 0 Å². The second-order valence-corrected chi connectivity index (χ2v) is 14.8. The summed E-state index contributed by atoms with van der Waals surface area (Å²) in [6.07, 6.45) is 5.26. The molecule has 0 N–H and O–H groups in total. The summed E-state index contributed by atoms with van der Waals surface area (Å²) in [5.41, 5.74) is 0.835. The molecule has 4 heteroatoms. The highest BCUT2D eigenvalue weighted by Crippen LogP contribution is 2.47. The average molecular weight is 464 g/mol. The number of piperazine rings is 1. The van der Waals surface area contributed by atoms with Gasteiger partial charge in [-0.2, -0.15) is 0 Å². The minimum atomic E-state index is -0.137. The SMILES string of the molecule is CCOC(C)(C)C(C)(C)N1CCC(C(C)(C)CC(C)(C)N2C[C@H]3C[C@@H]2CN3C(C)(C)C)CC1. The number of rotatable bonds is 8. The zero-order valence-corrected chi connectivity index (χ0v) is 24.3. The average Bonchev–Trinajstić information content (AvgIpc) is 3.28. The van der Waals surface area contributed by atoms with Crippen molar-refractivity contribution in [2.45, 2.75) is 143 Å². The van der Waals surface area contributed by atoms with Crippen molar-refractivity contribution < 1.29 is 4.74 Å². The van der Waals surface area contributed by atoms with Crippen molar-refractivity contribution in [2.24, 2.45) is 11.3 Å². The van der Waals surface area contributed by atoms with Gasteiger partial charge >= 0.3 is 0 Å². The van der Waals surface area contributed by atoms with Crippen molar-refractivity contribution in [1.29, 1.82) is 0 Å². The Hall–Kier alpha value is -0.160. The molecule has 0 aromatic heterocycles. The number of ether oxygens (including phenoxy) is 1. The van der Waals surface area contributed by atoms with Gasteiger partial charge in [-0.05, 0) is 119 Å². The van der Waals surface area contributed by atoms with E-state index in [1.54, 1.807) is 0 Å². The zero-order chi connectivity index (χ0) is 25.0. The summed E-state index contributed by atoms with van der Waals surface area (Å²) in [7, 11) is 0. The van der Waals surface area contributed by atoms with Gasteiger partial charge in [0, 0.05) is 48.4 Å². The maximum Gasteiger partial charge on any atom is 0.0803 e. The van der Waals surface area contributed by atoms with Gasteiger partial charge in [0.15, 0.2) is 0 Å². The van der Waals surface area contributed by atoms with Gasteiger partial charge in [-0.25, -0.2) is 0 Å². The van der Waals surface area contributed by atoms with E-state index in [-0.39, 0.29) is 16.7 Å². The van der Waals surface area contributed by atoms with Gasteiger partial charge in [0.25, 0.3) is 0 Å². The van der Waals surface area contributed by atoms with E-state index in [1.165, 1.54) is 51.9 Å². The Bertz CT molecular complexity index is 667. The van der Waals surface area contributed by atoms with E-state index in [1.807, 2.05) is 0 Å². The molecule has 3 aliphatic heterocycles. The van der Waals surface area contributed by atoms with Crippen LogP contribution in [0.4, 0.5) is 0 Å². The molecule has 0 saturated carbocycles. The van der Waals surface area contributed by atoms with Crippen LogP contribution >= 0.6 is 0 Å². The van der Waals surface area contributed by atoms with Crippen molar-refractivity contribution in [2.75, 3.05) is 32.8 Å². The molecule has 0 unspecified atom stereocenters. The smallest absolute Gasteiger partial charge is 0.0803 e. The second-order valence-electron chi connectivity index (χ2n) is 14.8. The fourth-order valence-electron chi connectivity index (χ4n) is 7.73. The number of piperidine rings is 1. The van der Waals surface area contributed by atoms with Crippen LogP contribution in [0.1, 0.15) is 109 Å². The molecule has 2 bridgehead atoms. The van der Waals surface area contributed by atoms with Crippen molar-refractivity contribution >= 4 is 0 Å². The normalized spacial score (nSPS) is 27.6. The van der Waals surface area contributed by atoms with Crippen LogP contribution in [-0.2, 0) is 4.74 Å². The van der Waals surface area contributed by atoms with E-state index in [2.05, 4.69) is 97.8 Å². The van der Waals surface area contributed by atoms with Gasteiger partial charge < -0.3 is 4.74 Å². The van der Waals surface area contributed by atoms with E-state index in [0.29, 0.717) is 11.0 Å². The molecule has 3 saturated heterocycles. The molecular weight excluding hydrogens is 406 g/mol. The first-order chi connectivity index (χ1) is 14.9. The standard InChI is InChI=1S/C29H57N3O/c1-13-33-29(11,12)28(9,10)30-16-14-22(15-17-30)26(5,6)21-27(7,8)32-20-23-18-24(32)19-31(23)25(2,3)4/h22-24H,13-21H2,1-12H3/t23-,24-/m1/s1. The van der Waals surface area contributed by atoms with Gasteiger partial charge in [0.05, 0.1) is 5.60 Å². The van der Waals surface area contributed by atoms with Crippen molar-refractivity contribution in [1.82, 2.24) is 14.7 Å². The fraction of sp³-hybridized carbons (Fsp3) is 1.00. The van der Waals surface area contributed by atoms with Gasteiger partial charge in [-0.3, -0.25) is 14.7 Å². The highest BCUT2D eigenvalue weighted by Gasteiger charge is 2.52. The summed E-state index contributed by atoms with van der Waals surface area (Å²) in [6.45, 7) is 34.4. The molecule has 3 rings (SSSR count). The lowest BCUT2D eigenvalue weighted by molar-refractivity contribution is -0.126. The summed E-state index contributed by atoms with van der Waals surface area (Å²) >= 11 is 0. The molecule has 194 valence electrons. The largest absolute Gasteiger partial charge is 0.374 e. The third-order valence-electron chi connectivity index (χ3n) is 10.1. The Morgan fingerprint density at radius 1 is 0.758 bits per heavy atom. The molecule has 3 fully saturated rings. The van der Waals surface area contributed by atoms with E-state index >= 15 is 0 Å². The number of hydrogen-bond acceptors (Lipinski definition) is 4. The van der Waals surface area contributed by atoms with Crippen molar-refractivity contribution in [3.63, 3.8) is 0 Å². The third kappa shape index (κ3) is 5.34. The summed E-state index contributed by atoms with van der Waals surface area (Å²) in [6, 6.07) is 1.49. The van der Waals surface area contributed by atoms with Gasteiger partial charge in [-0.1, -0.05) is 13.8 Å². The highest BCUT2D eigenvalue weighted by atomic mass is 16.5. The summed E-state index contributed by atoms with van der Waals surface area (Å²) in [5, 5.41) is 0.